The SMILES string of the molecule is O=c1ncc(Cl)cn1Cc1cc(Cl)ccn1. The Balaban J connectivity index is 2.34. The first-order valence-electron chi connectivity index (χ1n) is 4.47. The van der Waals surface area contributed by atoms with Gasteiger partial charge in [0, 0.05) is 17.4 Å². The lowest BCUT2D eigenvalue weighted by Crippen LogP contribution is -2.22. The number of rotatable bonds is 2. The molecule has 0 amide bonds. The molecule has 0 spiro atoms. The predicted octanol–water partition coefficient (Wildman–Crippen LogP) is 1.99. The summed E-state index contributed by atoms with van der Waals surface area (Å²) in [6.45, 7) is 0.299. The van der Waals surface area contributed by atoms with Gasteiger partial charge in [-0.15, -0.1) is 0 Å². The third kappa shape index (κ3) is 2.59. The fraction of sp³-hybridized carbons (Fsp3) is 0.100. The van der Waals surface area contributed by atoms with Crippen molar-refractivity contribution in [2.45, 2.75) is 6.54 Å². The predicted molar refractivity (Wildman–Crippen MR) is 61.9 cm³/mol. The Labute approximate surface area is 101 Å². The van der Waals surface area contributed by atoms with E-state index >= 15 is 0 Å². The molecule has 0 unspecified atom stereocenters. The van der Waals surface area contributed by atoms with Gasteiger partial charge in [-0.2, -0.15) is 0 Å². The van der Waals surface area contributed by atoms with E-state index in [0.29, 0.717) is 22.3 Å². The minimum absolute atomic E-state index is 0.299. The van der Waals surface area contributed by atoms with Gasteiger partial charge in [0.25, 0.3) is 0 Å². The van der Waals surface area contributed by atoms with Gasteiger partial charge in [-0.05, 0) is 12.1 Å². The molecule has 2 heterocycles. The van der Waals surface area contributed by atoms with Crippen molar-refractivity contribution in [3.05, 3.63) is 56.9 Å². The molecule has 0 bridgehead atoms. The topological polar surface area (TPSA) is 47.8 Å². The minimum atomic E-state index is -0.369. The Morgan fingerprint density at radius 3 is 2.81 bits per heavy atom. The van der Waals surface area contributed by atoms with Crippen molar-refractivity contribution in [3.63, 3.8) is 0 Å². The monoisotopic (exact) mass is 255 g/mol. The van der Waals surface area contributed by atoms with Gasteiger partial charge in [-0.1, -0.05) is 23.2 Å². The molecule has 2 aromatic heterocycles. The molecule has 0 aliphatic heterocycles. The minimum Gasteiger partial charge on any atom is -0.292 e. The van der Waals surface area contributed by atoms with E-state index in [0.717, 1.165) is 0 Å². The Morgan fingerprint density at radius 1 is 1.25 bits per heavy atom. The van der Waals surface area contributed by atoms with Gasteiger partial charge in [0.05, 0.1) is 23.5 Å². The van der Waals surface area contributed by atoms with E-state index in [1.54, 1.807) is 18.3 Å². The van der Waals surface area contributed by atoms with Crippen LogP contribution in [0.3, 0.4) is 0 Å². The highest BCUT2D eigenvalue weighted by Crippen LogP contribution is 2.09. The van der Waals surface area contributed by atoms with Crippen LogP contribution in [-0.2, 0) is 6.54 Å². The molecule has 2 rings (SSSR count). The van der Waals surface area contributed by atoms with Gasteiger partial charge in [-0.3, -0.25) is 9.55 Å². The van der Waals surface area contributed by atoms with Gasteiger partial charge < -0.3 is 0 Å². The highest BCUT2D eigenvalue weighted by molar-refractivity contribution is 6.30. The van der Waals surface area contributed by atoms with Crippen molar-refractivity contribution in [3.8, 4) is 0 Å². The zero-order valence-corrected chi connectivity index (χ0v) is 9.61. The van der Waals surface area contributed by atoms with E-state index in [-0.39, 0.29) is 5.69 Å². The summed E-state index contributed by atoms with van der Waals surface area (Å²) in [5.41, 5.74) is 0.310. The molecule has 0 saturated heterocycles. The summed E-state index contributed by atoms with van der Waals surface area (Å²) in [5, 5.41) is 0.981. The van der Waals surface area contributed by atoms with Gasteiger partial charge in [0.15, 0.2) is 0 Å². The second-order valence-electron chi connectivity index (χ2n) is 3.15. The molecule has 82 valence electrons. The number of hydrogen-bond donors (Lipinski definition) is 0. The van der Waals surface area contributed by atoms with E-state index in [2.05, 4.69) is 9.97 Å². The van der Waals surface area contributed by atoms with Crippen LogP contribution in [0.1, 0.15) is 5.69 Å². The average Bonchev–Trinajstić information content (AvgIpc) is 2.24. The Hall–Kier alpha value is -1.39. The Bertz CT molecular complexity index is 568. The summed E-state index contributed by atoms with van der Waals surface area (Å²) < 4.78 is 1.38. The zero-order valence-electron chi connectivity index (χ0n) is 8.10. The van der Waals surface area contributed by atoms with Crippen molar-refractivity contribution in [1.82, 2.24) is 14.5 Å². The molecule has 0 N–H and O–H groups in total. The molecule has 2 aromatic rings. The van der Waals surface area contributed by atoms with Crippen molar-refractivity contribution >= 4 is 23.2 Å². The molecule has 0 radical (unpaired) electrons. The lowest BCUT2D eigenvalue weighted by atomic mass is 10.3. The van der Waals surface area contributed by atoms with Crippen LogP contribution in [0.15, 0.2) is 35.5 Å². The van der Waals surface area contributed by atoms with E-state index < -0.39 is 0 Å². The van der Waals surface area contributed by atoms with Crippen molar-refractivity contribution in [2.24, 2.45) is 0 Å². The molecule has 16 heavy (non-hydrogen) atoms. The largest absolute Gasteiger partial charge is 0.347 e. The lowest BCUT2D eigenvalue weighted by Gasteiger charge is -2.04. The van der Waals surface area contributed by atoms with Crippen LogP contribution in [0.2, 0.25) is 10.0 Å². The van der Waals surface area contributed by atoms with Crippen LogP contribution in [0, 0.1) is 0 Å². The maximum Gasteiger partial charge on any atom is 0.347 e. The maximum atomic E-state index is 11.4. The van der Waals surface area contributed by atoms with Gasteiger partial charge >= 0.3 is 5.69 Å². The molecule has 0 aliphatic carbocycles. The van der Waals surface area contributed by atoms with Gasteiger partial charge in [0.2, 0.25) is 0 Å². The fourth-order valence-corrected chi connectivity index (χ4v) is 1.60. The molecule has 0 saturated carbocycles. The summed E-state index contributed by atoms with van der Waals surface area (Å²) in [6, 6.07) is 3.36. The summed E-state index contributed by atoms with van der Waals surface area (Å²) >= 11 is 11.6. The quantitative estimate of drug-likeness (QED) is 0.825. The van der Waals surface area contributed by atoms with E-state index in [4.69, 9.17) is 23.2 Å². The normalized spacial score (nSPS) is 10.4. The average molecular weight is 256 g/mol. The molecular formula is C10H7Cl2N3O. The van der Waals surface area contributed by atoms with Crippen LogP contribution in [-0.4, -0.2) is 14.5 Å². The van der Waals surface area contributed by atoms with E-state index in [1.165, 1.54) is 17.0 Å². The van der Waals surface area contributed by atoms with Crippen LogP contribution in [0.4, 0.5) is 0 Å². The van der Waals surface area contributed by atoms with Crippen molar-refractivity contribution < 1.29 is 0 Å². The number of nitrogens with zero attached hydrogens (tertiary/aromatic N) is 3. The summed E-state index contributed by atoms with van der Waals surface area (Å²) in [5.74, 6) is 0. The standard InChI is InChI=1S/C10H7Cl2N3O/c11-7-1-2-13-9(3-7)6-15-5-8(12)4-14-10(15)16/h1-5H,6H2. The lowest BCUT2D eigenvalue weighted by molar-refractivity contribution is 0.711. The van der Waals surface area contributed by atoms with Gasteiger partial charge in [-0.25, -0.2) is 9.78 Å². The van der Waals surface area contributed by atoms with E-state index in [1.807, 2.05) is 0 Å². The van der Waals surface area contributed by atoms with Gasteiger partial charge in [0.1, 0.15) is 0 Å². The van der Waals surface area contributed by atoms with Crippen molar-refractivity contribution in [1.29, 1.82) is 0 Å². The van der Waals surface area contributed by atoms with Crippen molar-refractivity contribution in [2.75, 3.05) is 0 Å². The molecule has 0 aliphatic rings. The summed E-state index contributed by atoms with van der Waals surface area (Å²) in [6.07, 6.45) is 4.41. The first-order valence-corrected chi connectivity index (χ1v) is 5.23. The Kier molecular flexibility index (Phi) is 3.22. The highest BCUT2D eigenvalue weighted by Gasteiger charge is 2.01. The first kappa shape index (κ1) is 11.1. The second-order valence-corrected chi connectivity index (χ2v) is 4.02. The molecular weight excluding hydrogens is 249 g/mol. The molecule has 6 heteroatoms. The number of aromatic nitrogens is 3. The Morgan fingerprint density at radius 2 is 2.06 bits per heavy atom. The number of hydrogen-bond acceptors (Lipinski definition) is 3. The van der Waals surface area contributed by atoms with Crippen LogP contribution in [0.5, 0.6) is 0 Å². The second kappa shape index (κ2) is 4.63. The molecule has 0 aromatic carbocycles. The molecule has 0 atom stereocenters. The summed E-state index contributed by atoms with van der Waals surface area (Å²) in [7, 11) is 0. The maximum absolute atomic E-state index is 11.4. The fourth-order valence-electron chi connectivity index (χ4n) is 1.25. The molecule has 4 nitrogen and oxygen atoms in total. The van der Waals surface area contributed by atoms with Crippen LogP contribution >= 0.6 is 23.2 Å². The number of halogens is 2. The number of pyridine rings is 1. The third-order valence-corrected chi connectivity index (χ3v) is 2.36. The van der Waals surface area contributed by atoms with Crippen LogP contribution < -0.4 is 5.69 Å². The molecule has 0 fully saturated rings. The highest BCUT2D eigenvalue weighted by atomic mass is 35.5. The van der Waals surface area contributed by atoms with Crippen LogP contribution in [0.25, 0.3) is 0 Å². The smallest absolute Gasteiger partial charge is 0.292 e. The zero-order chi connectivity index (χ0) is 11.5. The summed E-state index contributed by atoms with van der Waals surface area (Å²) in [4.78, 5) is 19.1. The first-order chi connectivity index (χ1) is 7.65. The van der Waals surface area contributed by atoms with E-state index in [9.17, 15) is 4.79 Å². The third-order valence-electron chi connectivity index (χ3n) is 1.93.